The van der Waals surface area contributed by atoms with Gasteiger partial charge in [0.05, 0.1) is 24.1 Å². The third-order valence-electron chi connectivity index (χ3n) is 4.26. The summed E-state index contributed by atoms with van der Waals surface area (Å²) < 4.78 is 18.5. The maximum Gasteiger partial charge on any atom is 0.337 e. The summed E-state index contributed by atoms with van der Waals surface area (Å²) in [6.45, 7) is 0.803. The van der Waals surface area contributed by atoms with Crippen molar-refractivity contribution in [3.8, 4) is 5.75 Å². The Morgan fingerprint density at radius 2 is 1.93 bits per heavy atom. The molecule has 3 aromatic rings. The normalized spacial score (nSPS) is 12.1. The fraction of sp³-hybridized carbons (Fsp3) is 0.182. The van der Waals surface area contributed by atoms with Crippen LogP contribution in [0.3, 0.4) is 0 Å². The van der Waals surface area contributed by atoms with Crippen molar-refractivity contribution in [3.05, 3.63) is 77.9 Å². The molecule has 0 saturated heterocycles. The van der Waals surface area contributed by atoms with Crippen molar-refractivity contribution >= 4 is 23.4 Å². The number of halogens is 1. The number of nitrogens with zero attached hydrogens (tertiary/aromatic N) is 1. The number of benzene rings is 2. The lowest BCUT2D eigenvalue weighted by Crippen LogP contribution is -2.07. The molecule has 150 valence electrons. The highest BCUT2D eigenvalue weighted by atomic mass is 32.2. The lowest BCUT2D eigenvalue weighted by Gasteiger charge is -2.17. The van der Waals surface area contributed by atoms with Gasteiger partial charge in [-0.3, -0.25) is 4.98 Å². The first kappa shape index (κ1) is 20.7. The van der Waals surface area contributed by atoms with Gasteiger partial charge >= 0.3 is 5.97 Å². The number of hydrogen-bond acceptors (Lipinski definition) is 5. The summed E-state index contributed by atoms with van der Waals surface area (Å²) >= 11 is 1.62. The van der Waals surface area contributed by atoms with Crippen molar-refractivity contribution in [3.63, 3.8) is 0 Å². The number of aromatic carboxylic acids is 1. The van der Waals surface area contributed by atoms with E-state index in [0.29, 0.717) is 5.69 Å². The maximum absolute atomic E-state index is 12.8. The van der Waals surface area contributed by atoms with Crippen LogP contribution in [0.2, 0.25) is 0 Å². The van der Waals surface area contributed by atoms with E-state index in [2.05, 4.69) is 28.5 Å². The number of pyridine rings is 1. The summed E-state index contributed by atoms with van der Waals surface area (Å²) in [4.78, 5) is 16.4. The molecule has 4 rings (SSSR count). The SMILES string of the molecule is CNc1cnccc1C(=O)O.Fc1ccc(Sc2ccc3c(c2)OCCC3)cc1. The van der Waals surface area contributed by atoms with Gasteiger partial charge in [-0.25, -0.2) is 9.18 Å². The van der Waals surface area contributed by atoms with Crippen LogP contribution in [0.25, 0.3) is 0 Å². The maximum atomic E-state index is 12.8. The van der Waals surface area contributed by atoms with E-state index in [-0.39, 0.29) is 11.4 Å². The number of aromatic nitrogens is 1. The predicted molar refractivity (Wildman–Crippen MR) is 112 cm³/mol. The lowest BCUT2D eigenvalue weighted by molar-refractivity contribution is 0.0698. The van der Waals surface area contributed by atoms with Crippen LogP contribution < -0.4 is 10.1 Å². The summed E-state index contributed by atoms with van der Waals surface area (Å²) in [6.07, 6.45) is 5.11. The number of carbonyl (C=O) groups is 1. The molecule has 1 aliphatic rings. The van der Waals surface area contributed by atoms with E-state index >= 15 is 0 Å². The van der Waals surface area contributed by atoms with Crippen molar-refractivity contribution in [1.82, 2.24) is 4.98 Å². The van der Waals surface area contributed by atoms with Gasteiger partial charge in [0.25, 0.3) is 0 Å². The Hall–Kier alpha value is -3.06. The standard InChI is InChI=1S/C15H13FOS.C7H8N2O2/c16-12-4-7-13(8-5-12)18-14-6-3-11-2-1-9-17-15(11)10-14;1-8-6-4-9-3-2-5(6)7(10)11/h3-8,10H,1-2,9H2;2-4,8H,1H3,(H,10,11). The van der Waals surface area contributed by atoms with E-state index in [1.54, 1.807) is 30.9 Å². The second-order valence-electron chi connectivity index (χ2n) is 6.25. The molecule has 5 nitrogen and oxygen atoms in total. The first-order chi connectivity index (χ1) is 14.1. The predicted octanol–water partition coefficient (Wildman–Crippen LogP) is 5.12. The van der Waals surface area contributed by atoms with Gasteiger partial charge < -0.3 is 15.2 Å². The van der Waals surface area contributed by atoms with Crippen LogP contribution in [0.4, 0.5) is 10.1 Å². The van der Waals surface area contributed by atoms with Gasteiger partial charge in [0.1, 0.15) is 11.6 Å². The second-order valence-corrected chi connectivity index (χ2v) is 7.40. The van der Waals surface area contributed by atoms with Gasteiger partial charge in [-0.2, -0.15) is 0 Å². The number of fused-ring (bicyclic) bond motifs is 1. The number of rotatable bonds is 4. The lowest BCUT2D eigenvalue weighted by atomic mass is 10.1. The molecule has 0 saturated carbocycles. The quantitative estimate of drug-likeness (QED) is 0.620. The van der Waals surface area contributed by atoms with Gasteiger partial charge in [0, 0.05) is 23.0 Å². The zero-order valence-corrected chi connectivity index (χ0v) is 16.7. The summed E-state index contributed by atoms with van der Waals surface area (Å²) in [5.41, 5.74) is 2.05. The molecular formula is C22H21FN2O3S. The highest BCUT2D eigenvalue weighted by Crippen LogP contribution is 2.33. The van der Waals surface area contributed by atoms with Crippen LogP contribution in [0.15, 0.2) is 70.7 Å². The minimum Gasteiger partial charge on any atom is -0.493 e. The average molecular weight is 412 g/mol. The third-order valence-corrected chi connectivity index (χ3v) is 5.25. The molecule has 0 aliphatic carbocycles. The highest BCUT2D eigenvalue weighted by Gasteiger charge is 2.11. The van der Waals surface area contributed by atoms with Gasteiger partial charge in [0.2, 0.25) is 0 Å². The van der Waals surface area contributed by atoms with E-state index in [1.165, 1.54) is 36.2 Å². The second kappa shape index (κ2) is 9.93. The molecule has 0 radical (unpaired) electrons. The summed E-state index contributed by atoms with van der Waals surface area (Å²) in [7, 11) is 1.66. The van der Waals surface area contributed by atoms with Crippen molar-refractivity contribution < 1.29 is 19.0 Å². The Morgan fingerprint density at radius 3 is 2.62 bits per heavy atom. The Kier molecular flexibility index (Phi) is 7.08. The number of anilines is 1. The number of hydrogen-bond donors (Lipinski definition) is 2. The zero-order valence-electron chi connectivity index (χ0n) is 15.9. The molecule has 2 N–H and O–H groups in total. The molecule has 1 aliphatic heterocycles. The molecule has 0 bridgehead atoms. The molecule has 29 heavy (non-hydrogen) atoms. The van der Waals surface area contributed by atoms with Crippen LogP contribution >= 0.6 is 11.8 Å². The number of carboxylic acids is 1. The Bertz CT molecular complexity index is 980. The molecule has 2 heterocycles. The van der Waals surface area contributed by atoms with E-state index in [4.69, 9.17) is 9.84 Å². The number of carboxylic acid groups (broad SMARTS) is 1. The van der Waals surface area contributed by atoms with E-state index in [1.807, 2.05) is 0 Å². The molecule has 2 aromatic carbocycles. The number of nitrogens with one attached hydrogen (secondary N) is 1. The van der Waals surface area contributed by atoms with Crippen molar-refractivity contribution in [2.75, 3.05) is 19.0 Å². The zero-order chi connectivity index (χ0) is 20.6. The molecular weight excluding hydrogens is 391 g/mol. The highest BCUT2D eigenvalue weighted by molar-refractivity contribution is 7.99. The largest absolute Gasteiger partial charge is 0.493 e. The van der Waals surface area contributed by atoms with Gasteiger partial charge in [-0.15, -0.1) is 0 Å². The fourth-order valence-electron chi connectivity index (χ4n) is 2.80. The Labute approximate surface area is 172 Å². The first-order valence-corrected chi connectivity index (χ1v) is 9.92. The molecule has 0 amide bonds. The summed E-state index contributed by atoms with van der Waals surface area (Å²) in [5, 5.41) is 11.4. The molecule has 0 unspecified atom stereocenters. The number of aryl methyl sites for hydroxylation is 1. The molecule has 1 aromatic heterocycles. The molecule has 7 heteroatoms. The van der Waals surface area contributed by atoms with Crippen LogP contribution in [0.5, 0.6) is 5.75 Å². The van der Waals surface area contributed by atoms with E-state index in [0.717, 1.165) is 35.0 Å². The first-order valence-electron chi connectivity index (χ1n) is 9.11. The summed E-state index contributed by atoms with van der Waals surface area (Å²) in [6, 6.07) is 14.3. The van der Waals surface area contributed by atoms with E-state index in [9.17, 15) is 9.18 Å². The van der Waals surface area contributed by atoms with E-state index < -0.39 is 5.97 Å². The van der Waals surface area contributed by atoms with Gasteiger partial charge in [0.15, 0.2) is 0 Å². The van der Waals surface area contributed by atoms with Crippen molar-refractivity contribution in [2.45, 2.75) is 22.6 Å². The fourth-order valence-corrected chi connectivity index (χ4v) is 3.65. The van der Waals surface area contributed by atoms with Gasteiger partial charge in [-0.05, 0) is 60.9 Å². The van der Waals surface area contributed by atoms with Crippen LogP contribution in [0.1, 0.15) is 22.3 Å². The Balaban J connectivity index is 0.000000188. The molecule has 0 spiro atoms. The summed E-state index contributed by atoms with van der Waals surface area (Å²) in [5.74, 6) is -0.154. The third kappa shape index (κ3) is 5.71. The van der Waals surface area contributed by atoms with Crippen molar-refractivity contribution in [2.24, 2.45) is 0 Å². The monoisotopic (exact) mass is 412 g/mol. The van der Waals surface area contributed by atoms with Crippen LogP contribution in [-0.4, -0.2) is 29.7 Å². The topological polar surface area (TPSA) is 71.5 Å². The number of ether oxygens (including phenoxy) is 1. The minimum atomic E-state index is -0.947. The van der Waals surface area contributed by atoms with Crippen LogP contribution in [0, 0.1) is 5.82 Å². The van der Waals surface area contributed by atoms with Crippen LogP contribution in [-0.2, 0) is 6.42 Å². The minimum absolute atomic E-state index is 0.201. The van der Waals surface area contributed by atoms with Gasteiger partial charge in [-0.1, -0.05) is 17.8 Å². The van der Waals surface area contributed by atoms with Crippen molar-refractivity contribution in [1.29, 1.82) is 0 Å². The smallest absolute Gasteiger partial charge is 0.337 e. The average Bonchev–Trinajstić information content (AvgIpc) is 2.75. The molecule has 0 atom stereocenters. The molecule has 0 fully saturated rings. The Morgan fingerprint density at radius 1 is 1.17 bits per heavy atom.